The van der Waals surface area contributed by atoms with Gasteiger partial charge < -0.3 is 25.3 Å². The minimum Gasteiger partial charge on any atom is -0.368 e. The molecule has 0 amide bonds. The van der Waals surface area contributed by atoms with E-state index >= 15 is 0 Å². The zero-order valence-electron chi connectivity index (χ0n) is 18.7. The third-order valence-corrected chi connectivity index (χ3v) is 6.71. The van der Waals surface area contributed by atoms with Crippen molar-refractivity contribution >= 4 is 40.6 Å². The van der Waals surface area contributed by atoms with Crippen LogP contribution in [0.3, 0.4) is 0 Å². The Morgan fingerprint density at radius 3 is 2.00 bits per heavy atom. The Kier molecular flexibility index (Phi) is 6.57. The largest absolute Gasteiger partial charge is 0.368 e. The van der Waals surface area contributed by atoms with E-state index in [1.54, 1.807) is 0 Å². The smallest absolute Gasteiger partial charge is 0.232 e. The van der Waals surface area contributed by atoms with Gasteiger partial charge in [-0.1, -0.05) is 31.0 Å². The molecule has 32 heavy (non-hydrogen) atoms. The van der Waals surface area contributed by atoms with E-state index in [1.165, 1.54) is 44.2 Å². The van der Waals surface area contributed by atoms with Crippen LogP contribution in [0.4, 0.5) is 23.3 Å². The summed E-state index contributed by atoms with van der Waals surface area (Å²) in [7, 11) is 0. The first-order valence-corrected chi connectivity index (χ1v) is 12.4. The van der Waals surface area contributed by atoms with Gasteiger partial charge in [-0.2, -0.15) is 9.97 Å². The van der Waals surface area contributed by atoms with E-state index in [4.69, 9.17) is 22.2 Å². The SMILES string of the molecule is S=C(Nc1nc(N2CCCCCC2)cc(N2CCN(c3ccccc3)CC2)n1)NC1CC1. The Morgan fingerprint density at radius 2 is 1.38 bits per heavy atom. The highest BCUT2D eigenvalue weighted by Crippen LogP contribution is 2.26. The molecule has 1 saturated carbocycles. The van der Waals surface area contributed by atoms with Crippen molar-refractivity contribution in [2.45, 2.75) is 44.6 Å². The highest BCUT2D eigenvalue weighted by molar-refractivity contribution is 7.80. The van der Waals surface area contributed by atoms with Crippen LogP contribution in [-0.2, 0) is 0 Å². The molecule has 0 radical (unpaired) electrons. The lowest BCUT2D eigenvalue weighted by molar-refractivity contribution is 0.646. The van der Waals surface area contributed by atoms with Crippen LogP contribution in [0.2, 0.25) is 0 Å². The zero-order valence-corrected chi connectivity index (χ0v) is 19.5. The van der Waals surface area contributed by atoms with Gasteiger partial charge in [0.1, 0.15) is 11.6 Å². The highest BCUT2D eigenvalue weighted by Gasteiger charge is 2.24. The number of rotatable bonds is 5. The first-order valence-electron chi connectivity index (χ1n) is 12.0. The number of aromatic nitrogens is 2. The molecule has 3 heterocycles. The summed E-state index contributed by atoms with van der Waals surface area (Å²) in [4.78, 5) is 17.0. The molecule has 8 heteroatoms. The molecule has 0 spiro atoms. The van der Waals surface area contributed by atoms with Gasteiger partial charge in [-0.05, 0) is 50.0 Å². The fourth-order valence-electron chi connectivity index (χ4n) is 4.48. The maximum atomic E-state index is 5.51. The summed E-state index contributed by atoms with van der Waals surface area (Å²) >= 11 is 5.51. The van der Waals surface area contributed by atoms with Gasteiger partial charge in [-0.3, -0.25) is 0 Å². The van der Waals surface area contributed by atoms with Crippen molar-refractivity contribution in [1.29, 1.82) is 0 Å². The number of nitrogens with one attached hydrogen (secondary N) is 2. The molecular formula is C24H33N7S. The summed E-state index contributed by atoms with van der Waals surface area (Å²) in [6.45, 7) is 5.96. The molecule has 1 aliphatic carbocycles. The maximum absolute atomic E-state index is 5.51. The number of hydrogen-bond acceptors (Lipinski definition) is 6. The number of hydrogen-bond donors (Lipinski definition) is 2. The van der Waals surface area contributed by atoms with Crippen molar-refractivity contribution in [2.75, 3.05) is 59.3 Å². The lowest BCUT2D eigenvalue weighted by atomic mass is 10.2. The van der Waals surface area contributed by atoms with Crippen LogP contribution in [-0.4, -0.2) is 60.4 Å². The molecule has 2 N–H and O–H groups in total. The van der Waals surface area contributed by atoms with Gasteiger partial charge >= 0.3 is 0 Å². The fraction of sp³-hybridized carbons (Fsp3) is 0.542. The van der Waals surface area contributed by atoms with E-state index in [9.17, 15) is 0 Å². The average Bonchev–Trinajstić information content (AvgIpc) is 3.66. The third kappa shape index (κ3) is 5.41. The number of nitrogens with zero attached hydrogens (tertiary/aromatic N) is 5. The second kappa shape index (κ2) is 9.90. The van der Waals surface area contributed by atoms with Crippen LogP contribution in [0.5, 0.6) is 0 Å². The van der Waals surface area contributed by atoms with E-state index in [0.717, 1.165) is 50.9 Å². The normalized spacial score (nSPS) is 19.4. The molecule has 3 aliphatic rings. The van der Waals surface area contributed by atoms with Crippen molar-refractivity contribution in [2.24, 2.45) is 0 Å². The summed E-state index contributed by atoms with van der Waals surface area (Å²) < 4.78 is 0. The van der Waals surface area contributed by atoms with Gasteiger partial charge in [0.2, 0.25) is 5.95 Å². The minimum absolute atomic E-state index is 0.509. The van der Waals surface area contributed by atoms with Crippen molar-refractivity contribution in [3.8, 4) is 0 Å². The standard InChI is InChI=1S/C24H33N7S/c32-24(25-19-10-11-19)28-23-26-21(30-12-6-1-2-7-13-30)18-22(27-23)31-16-14-29(15-17-31)20-8-4-3-5-9-20/h3-5,8-9,18-19H,1-2,6-7,10-17H2,(H2,25,26,27,28,32). The predicted octanol–water partition coefficient (Wildman–Crippen LogP) is 3.63. The van der Waals surface area contributed by atoms with Gasteiger partial charge in [0.15, 0.2) is 5.11 Å². The van der Waals surface area contributed by atoms with Crippen LogP contribution < -0.4 is 25.3 Å². The molecule has 0 bridgehead atoms. The van der Waals surface area contributed by atoms with Gasteiger partial charge in [-0.15, -0.1) is 0 Å². The van der Waals surface area contributed by atoms with Crippen LogP contribution >= 0.6 is 12.2 Å². The van der Waals surface area contributed by atoms with Crippen molar-refractivity contribution in [3.63, 3.8) is 0 Å². The summed E-state index contributed by atoms with van der Waals surface area (Å²) in [5.41, 5.74) is 1.29. The van der Waals surface area contributed by atoms with Gasteiger partial charge in [-0.25, -0.2) is 0 Å². The molecule has 2 aromatic rings. The molecular weight excluding hydrogens is 418 g/mol. The van der Waals surface area contributed by atoms with E-state index in [-0.39, 0.29) is 0 Å². The average molecular weight is 452 g/mol. The molecule has 1 aromatic carbocycles. The van der Waals surface area contributed by atoms with Crippen molar-refractivity contribution < 1.29 is 0 Å². The lowest BCUT2D eigenvalue weighted by Crippen LogP contribution is -2.47. The number of para-hydroxylation sites is 1. The summed E-state index contributed by atoms with van der Waals surface area (Å²) in [5, 5.41) is 7.22. The second-order valence-electron chi connectivity index (χ2n) is 8.99. The van der Waals surface area contributed by atoms with Gasteiger partial charge in [0.25, 0.3) is 0 Å². The number of thiocarbonyl (C=S) groups is 1. The molecule has 7 nitrogen and oxygen atoms in total. The first kappa shape index (κ1) is 21.2. The molecule has 3 fully saturated rings. The topological polar surface area (TPSA) is 59.6 Å². The summed E-state index contributed by atoms with van der Waals surface area (Å²) in [5.74, 6) is 2.60. The Labute approximate surface area is 196 Å². The van der Waals surface area contributed by atoms with E-state index in [2.05, 4.69) is 61.7 Å². The minimum atomic E-state index is 0.509. The fourth-order valence-corrected chi connectivity index (χ4v) is 4.74. The second-order valence-corrected chi connectivity index (χ2v) is 9.40. The van der Waals surface area contributed by atoms with Crippen LogP contribution in [0, 0.1) is 0 Å². The lowest BCUT2D eigenvalue weighted by Gasteiger charge is -2.37. The maximum Gasteiger partial charge on any atom is 0.232 e. The van der Waals surface area contributed by atoms with Crippen LogP contribution in [0.15, 0.2) is 36.4 Å². The molecule has 2 aliphatic heterocycles. The molecule has 2 saturated heterocycles. The Morgan fingerprint density at radius 1 is 0.781 bits per heavy atom. The number of anilines is 4. The molecule has 0 atom stereocenters. The van der Waals surface area contributed by atoms with Crippen molar-refractivity contribution in [3.05, 3.63) is 36.4 Å². The van der Waals surface area contributed by atoms with E-state index in [1.807, 2.05) is 0 Å². The zero-order chi connectivity index (χ0) is 21.8. The number of piperazine rings is 1. The first-order chi connectivity index (χ1) is 15.7. The predicted molar refractivity (Wildman–Crippen MR) is 136 cm³/mol. The molecule has 170 valence electrons. The molecule has 0 unspecified atom stereocenters. The van der Waals surface area contributed by atoms with Crippen molar-refractivity contribution in [1.82, 2.24) is 15.3 Å². The Balaban J connectivity index is 1.33. The van der Waals surface area contributed by atoms with E-state index < -0.39 is 0 Å². The Hall–Kier alpha value is -2.61. The number of benzene rings is 1. The highest BCUT2D eigenvalue weighted by atomic mass is 32.1. The van der Waals surface area contributed by atoms with E-state index in [0.29, 0.717) is 17.1 Å². The molecule has 1 aromatic heterocycles. The quantitative estimate of drug-likeness (QED) is 0.669. The summed E-state index contributed by atoms with van der Waals surface area (Å²) in [6, 6.07) is 13.3. The van der Waals surface area contributed by atoms with Gasteiger partial charge in [0, 0.05) is 57.1 Å². The summed E-state index contributed by atoms with van der Waals surface area (Å²) in [6.07, 6.45) is 7.42. The Bertz CT molecular complexity index is 902. The monoisotopic (exact) mass is 451 g/mol. The van der Waals surface area contributed by atoms with Crippen LogP contribution in [0.1, 0.15) is 38.5 Å². The van der Waals surface area contributed by atoms with Crippen LogP contribution in [0.25, 0.3) is 0 Å². The molecule has 5 rings (SSSR count). The van der Waals surface area contributed by atoms with Gasteiger partial charge in [0.05, 0.1) is 0 Å². The third-order valence-electron chi connectivity index (χ3n) is 6.49.